The van der Waals surface area contributed by atoms with Crippen molar-refractivity contribution in [3.63, 3.8) is 0 Å². The number of carbonyl (C=O) groups is 1. The zero-order valence-corrected chi connectivity index (χ0v) is 13.7. The highest BCUT2D eigenvalue weighted by atomic mass is 19.4. The maximum atomic E-state index is 12.7. The van der Waals surface area contributed by atoms with Gasteiger partial charge in [0.2, 0.25) is 5.88 Å². The van der Waals surface area contributed by atoms with Crippen LogP contribution in [0.4, 0.5) is 13.2 Å². The van der Waals surface area contributed by atoms with Crippen LogP contribution in [0.1, 0.15) is 30.1 Å². The Hall–Kier alpha value is -1.83. The molecule has 134 valence electrons. The monoisotopic (exact) mass is 346 g/mol. The fourth-order valence-corrected chi connectivity index (χ4v) is 2.49. The van der Waals surface area contributed by atoms with Crippen molar-refractivity contribution >= 4 is 5.91 Å². The third kappa shape index (κ3) is 4.83. The Bertz CT molecular complexity index is 560. The average molecular weight is 346 g/mol. The first-order chi connectivity index (χ1) is 11.3. The van der Waals surface area contributed by atoms with Crippen LogP contribution in [0.15, 0.2) is 18.3 Å². The first-order valence-electron chi connectivity index (χ1n) is 7.80. The van der Waals surface area contributed by atoms with Crippen LogP contribution < -0.4 is 4.74 Å². The molecule has 0 spiro atoms. The van der Waals surface area contributed by atoms with E-state index in [4.69, 9.17) is 9.47 Å². The molecule has 2 rings (SSSR count). The van der Waals surface area contributed by atoms with Gasteiger partial charge in [0.25, 0.3) is 5.91 Å². The van der Waals surface area contributed by atoms with Crippen molar-refractivity contribution in [2.45, 2.75) is 32.0 Å². The molecule has 0 aromatic carbocycles. The van der Waals surface area contributed by atoms with Crippen LogP contribution in [0.3, 0.4) is 0 Å². The van der Waals surface area contributed by atoms with Gasteiger partial charge in [-0.1, -0.05) is 0 Å². The fraction of sp³-hybridized carbons (Fsp3) is 0.625. The highest BCUT2D eigenvalue weighted by molar-refractivity contribution is 5.96. The summed E-state index contributed by atoms with van der Waals surface area (Å²) < 4.78 is 48.2. The Kier molecular flexibility index (Phi) is 6.04. The van der Waals surface area contributed by atoms with Gasteiger partial charge in [0, 0.05) is 33.0 Å². The van der Waals surface area contributed by atoms with Crippen LogP contribution in [-0.2, 0) is 4.74 Å². The van der Waals surface area contributed by atoms with Crippen LogP contribution in [-0.4, -0.2) is 54.9 Å². The van der Waals surface area contributed by atoms with Crippen molar-refractivity contribution in [2.75, 3.05) is 26.8 Å². The van der Waals surface area contributed by atoms with Crippen molar-refractivity contribution in [3.05, 3.63) is 23.9 Å². The molecule has 1 unspecified atom stereocenters. The molecular formula is C16H21F3N2O3. The number of hydrogen-bond acceptors (Lipinski definition) is 4. The summed E-state index contributed by atoms with van der Waals surface area (Å²) in [5, 5.41) is 0. The van der Waals surface area contributed by atoms with E-state index in [1.54, 1.807) is 7.05 Å². The zero-order valence-electron chi connectivity index (χ0n) is 13.7. The minimum Gasteiger partial charge on any atom is -0.464 e. The van der Waals surface area contributed by atoms with Gasteiger partial charge in [0.05, 0.1) is 0 Å². The summed E-state index contributed by atoms with van der Waals surface area (Å²) >= 11 is 0. The van der Waals surface area contributed by atoms with Gasteiger partial charge in [-0.15, -0.1) is 0 Å². The molecule has 0 aliphatic carbocycles. The molecule has 24 heavy (non-hydrogen) atoms. The van der Waals surface area contributed by atoms with E-state index in [1.807, 2.05) is 0 Å². The number of alkyl halides is 3. The second-order valence-electron chi connectivity index (χ2n) is 5.90. The Morgan fingerprint density at radius 3 is 2.75 bits per heavy atom. The van der Waals surface area contributed by atoms with Crippen LogP contribution in [0, 0.1) is 5.92 Å². The molecule has 0 bridgehead atoms. The lowest BCUT2D eigenvalue weighted by atomic mass is 9.99. The Balaban J connectivity index is 2.08. The third-order valence-corrected chi connectivity index (χ3v) is 3.97. The van der Waals surface area contributed by atoms with Crippen molar-refractivity contribution in [1.29, 1.82) is 0 Å². The number of nitrogens with zero attached hydrogens (tertiary/aromatic N) is 2. The number of hydrogen-bond donors (Lipinski definition) is 0. The molecule has 1 aliphatic rings. The highest BCUT2D eigenvalue weighted by Crippen LogP contribution is 2.26. The highest BCUT2D eigenvalue weighted by Gasteiger charge is 2.39. The lowest BCUT2D eigenvalue weighted by Gasteiger charge is -2.27. The first-order valence-corrected chi connectivity index (χ1v) is 7.80. The van der Waals surface area contributed by atoms with E-state index in [0.29, 0.717) is 25.7 Å². The van der Waals surface area contributed by atoms with Gasteiger partial charge in [-0.2, -0.15) is 13.2 Å². The lowest BCUT2D eigenvalue weighted by molar-refractivity contribution is -0.190. The molecular weight excluding hydrogens is 325 g/mol. The predicted octanol–water partition coefficient (Wildman–Crippen LogP) is 2.91. The second-order valence-corrected chi connectivity index (χ2v) is 5.90. The van der Waals surface area contributed by atoms with E-state index in [1.165, 1.54) is 23.2 Å². The molecule has 1 fully saturated rings. The van der Waals surface area contributed by atoms with Crippen molar-refractivity contribution in [3.8, 4) is 5.88 Å². The van der Waals surface area contributed by atoms with E-state index < -0.39 is 18.2 Å². The molecule has 1 saturated heterocycles. The SMILES string of the molecule is CC(Oc1ncccc1C(=O)N(C)CC1CCOCC1)C(F)(F)F. The van der Waals surface area contributed by atoms with Gasteiger partial charge in [-0.3, -0.25) is 4.79 Å². The lowest BCUT2D eigenvalue weighted by Crippen LogP contribution is -2.35. The summed E-state index contributed by atoms with van der Waals surface area (Å²) in [5.41, 5.74) is 0.0307. The number of halogens is 3. The van der Waals surface area contributed by atoms with Gasteiger partial charge in [0.15, 0.2) is 6.10 Å². The summed E-state index contributed by atoms with van der Waals surface area (Å²) in [5.74, 6) is -0.382. The van der Waals surface area contributed by atoms with E-state index in [9.17, 15) is 18.0 Å². The number of carbonyl (C=O) groups excluding carboxylic acids is 1. The van der Waals surface area contributed by atoms with Gasteiger partial charge in [-0.05, 0) is 37.8 Å². The van der Waals surface area contributed by atoms with E-state index in [2.05, 4.69) is 4.98 Å². The first kappa shape index (κ1) is 18.5. The van der Waals surface area contributed by atoms with Gasteiger partial charge in [0.1, 0.15) is 5.56 Å². The number of rotatable bonds is 5. The summed E-state index contributed by atoms with van der Waals surface area (Å²) in [7, 11) is 1.63. The van der Waals surface area contributed by atoms with Gasteiger partial charge >= 0.3 is 6.18 Å². The van der Waals surface area contributed by atoms with E-state index >= 15 is 0 Å². The Labute approximate surface area is 138 Å². The molecule has 1 aliphatic heterocycles. The van der Waals surface area contributed by atoms with Gasteiger partial charge in [-0.25, -0.2) is 4.98 Å². The predicted molar refractivity (Wildman–Crippen MR) is 80.9 cm³/mol. The third-order valence-electron chi connectivity index (χ3n) is 3.97. The zero-order chi connectivity index (χ0) is 17.7. The maximum absolute atomic E-state index is 12.7. The summed E-state index contributed by atoms with van der Waals surface area (Å²) in [6.45, 7) is 2.73. The number of pyridine rings is 1. The quantitative estimate of drug-likeness (QED) is 0.823. The van der Waals surface area contributed by atoms with Crippen LogP contribution >= 0.6 is 0 Å². The molecule has 2 heterocycles. The standard InChI is InChI=1S/C16H21F3N2O3/c1-11(16(17,18)19)24-14-13(4-3-7-20-14)15(22)21(2)10-12-5-8-23-9-6-12/h3-4,7,11-12H,5-6,8-10H2,1-2H3. The average Bonchev–Trinajstić information content (AvgIpc) is 2.54. The number of aromatic nitrogens is 1. The van der Waals surface area contributed by atoms with E-state index in [0.717, 1.165) is 19.8 Å². The molecule has 1 amide bonds. The van der Waals surface area contributed by atoms with Crippen molar-refractivity contribution in [1.82, 2.24) is 9.88 Å². The molecule has 1 aromatic rings. The minimum atomic E-state index is -4.52. The minimum absolute atomic E-state index is 0.0307. The summed E-state index contributed by atoms with van der Waals surface area (Å²) in [6.07, 6.45) is -3.54. The fourth-order valence-electron chi connectivity index (χ4n) is 2.49. The maximum Gasteiger partial charge on any atom is 0.425 e. The molecule has 0 saturated carbocycles. The smallest absolute Gasteiger partial charge is 0.425 e. The van der Waals surface area contributed by atoms with Crippen LogP contribution in [0.25, 0.3) is 0 Å². The van der Waals surface area contributed by atoms with Crippen molar-refractivity contribution < 1.29 is 27.4 Å². The summed E-state index contributed by atoms with van der Waals surface area (Å²) in [6, 6.07) is 2.93. The molecule has 8 heteroatoms. The molecule has 0 N–H and O–H groups in total. The molecule has 5 nitrogen and oxygen atoms in total. The Morgan fingerprint density at radius 1 is 1.46 bits per heavy atom. The van der Waals surface area contributed by atoms with Crippen LogP contribution in [0.5, 0.6) is 5.88 Å². The largest absolute Gasteiger partial charge is 0.464 e. The normalized spacial score (nSPS) is 17.4. The second kappa shape index (κ2) is 7.83. The van der Waals surface area contributed by atoms with Gasteiger partial charge < -0.3 is 14.4 Å². The Morgan fingerprint density at radius 2 is 2.12 bits per heavy atom. The molecule has 1 atom stereocenters. The van der Waals surface area contributed by atoms with Crippen molar-refractivity contribution in [2.24, 2.45) is 5.92 Å². The number of ether oxygens (including phenoxy) is 2. The van der Waals surface area contributed by atoms with E-state index in [-0.39, 0.29) is 11.4 Å². The molecule has 0 radical (unpaired) electrons. The molecule has 1 aromatic heterocycles. The summed E-state index contributed by atoms with van der Waals surface area (Å²) in [4.78, 5) is 17.9. The van der Waals surface area contributed by atoms with Crippen LogP contribution in [0.2, 0.25) is 0 Å². The topological polar surface area (TPSA) is 51.7 Å². The number of amides is 1.